The molecule has 0 saturated heterocycles. The van der Waals surface area contributed by atoms with Crippen LogP contribution in [-0.2, 0) is 0 Å². The first-order chi connectivity index (χ1) is 12.1. The monoisotopic (exact) mass is 443 g/mol. The summed E-state index contributed by atoms with van der Waals surface area (Å²) < 4.78 is 1.08. The quantitative estimate of drug-likeness (QED) is 0.564. The van der Waals surface area contributed by atoms with Crippen molar-refractivity contribution in [3.63, 3.8) is 0 Å². The number of hydrogen-bond acceptors (Lipinski definition) is 2. The summed E-state index contributed by atoms with van der Waals surface area (Å²) in [6.07, 6.45) is 0. The van der Waals surface area contributed by atoms with Crippen LogP contribution in [0.5, 0.6) is 0 Å². The smallest absolute Gasteiger partial charge is 0.336 e. The van der Waals surface area contributed by atoms with Gasteiger partial charge in [-0.3, -0.25) is 4.79 Å². The number of carbonyl (C=O) groups excluding carboxylic acids is 1. The van der Waals surface area contributed by atoms with Crippen LogP contribution >= 0.6 is 22.6 Å². The first-order valence-corrected chi connectivity index (χ1v) is 8.63. The Balaban J connectivity index is 2.00. The summed E-state index contributed by atoms with van der Waals surface area (Å²) in [6.45, 7) is 0. The van der Waals surface area contributed by atoms with Crippen LogP contribution in [0.3, 0.4) is 0 Å². The fraction of sp³-hybridized carbons (Fsp3) is 0. The number of anilines is 1. The van der Waals surface area contributed by atoms with E-state index in [9.17, 15) is 14.7 Å². The van der Waals surface area contributed by atoms with Gasteiger partial charge in [0.05, 0.1) is 5.56 Å². The highest BCUT2D eigenvalue weighted by Gasteiger charge is 2.17. The van der Waals surface area contributed by atoms with Gasteiger partial charge in [-0.25, -0.2) is 4.79 Å². The maximum absolute atomic E-state index is 12.7. The number of carbonyl (C=O) groups is 2. The first-order valence-electron chi connectivity index (χ1n) is 7.55. The molecule has 5 heteroatoms. The molecule has 0 saturated carbocycles. The number of hydrogen-bond donors (Lipinski definition) is 2. The zero-order valence-corrected chi connectivity index (χ0v) is 15.2. The molecule has 0 heterocycles. The van der Waals surface area contributed by atoms with E-state index in [1.54, 1.807) is 42.5 Å². The Kier molecular flexibility index (Phi) is 5.14. The molecule has 0 aliphatic heterocycles. The van der Waals surface area contributed by atoms with Crippen molar-refractivity contribution in [3.05, 3.63) is 87.5 Å². The van der Waals surface area contributed by atoms with Gasteiger partial charge in [0.2, 0.25) is 0 Å². The lowest BCUT2D eigenvalue weighted by atomic mass is 9.95. The van der Waals surface area contributed by atoms with Gasteiger partial charge < -0.3 is 10.4 Å². The number of carboxylic acid groups (broad SMARTS) is 1. The molecule has 4 nitrogen and oxygen atoms in total. The highest BCUT2D eigenvalue weighted by molar-refractivity contribution is 14.1. The molecule has 2 N–H and O–H groups in total. The molecule has 25 heavy (non-hydrogen) atoms. The van der Waals surface area contributed by atoms with Gasteiger partial charge in [0.15, 0.2) is 0 Å². The Labute approximate surface area is 158 Å². The highest BCUT2D eigenvalue weighted by Crippen LogP contribution is 2.28. The Morgan fingerprint density at radius 3 is 1.88 bits per heavy atom. The topological polar surface area (TPSA) is 66.4 Å². The van der Waals surface area contributed by atoms with Gasteiger partial charge in [0.1, 0.15) is 0 Å². The van der Waals surface area contributed by atoms with Gasteiger partial charge in [0.25, 0.3) is 5.91 Å². The number of amides is 1. The Morgan fingerprint density at radius 1 is 0.760 bits per heavy atom. The third-order valence-corrected chi connectivity index (χ3v) is 4.44. The van der Waals surface area contributed by atoms with Crippen LogP contribution in [0.4, 0.5) is 5.69 Å². The molecular formula is C20H14INO3. The molecule has 0 bridgehead atoms. The molecule has 0 unspecified atom stereocenters. The molecule has 0 atom stereocenters. The molecule has 3 aromatic carbocycles. The molecular weight excluding hydrogens is 429 g/mol. The molecule has 1 amide bonds. The maximum atomic E-state index is 12.7. The Bertz CT molecular complexity index is 936. The van der Waals surface area contributed by atoms with Crippen molar-refractivity contribution in [2.45, 2.75) is 0 Å². The molecule has 0 fully saturated rings. The maximum Gasteiger partial charge on any atom is 0.336 e. The van der Waals surface area contributed by atoms with Crippen LogP contribution in [0.1, 0.15) is 20.7 Å². The van der Waals surface area contributed by atoms with E-state index >= 15 is 0 Å². The third-order valence-electron chi connectivity index (χ3n) is 3.72. The normalized spacial score (nSPS) is 10.3. The highest BCUT2D eigenvalue weighted by atomic mass is 127. The van der Waals surface area contributed by atoms with E-state index in [2.05, 4.69) is 27.9 Å². The van der Waals surface area contributed by atoms with Crippen LogP contribution in [0, 0.1) is 3.57 Å². The molecule has 0 aromatic heterocycles. The minimum absolute atomic E-state index is 0.164. The molecule has 0 aliphatic rings. The van der Waals surface area contributed by atoms with Crippen molar-refractivity contribution in [1.29, 1.82) is 0 Å². The van der Waals surface area contributed by atoms with Gasteiger partial charge in [-0.2, -0.15) is 0 Å². The average molecular weight is 443 g/mol. The zero-order chi connectivity index (χ0) is 17.8. The van der Waals surface area contributed by atoms with Crippen molar-refractivity contribution in [2.75, 3.05) is 5.32 Å². The summed E-state index contributed by atoms with van der Waals surface area (Å²) >= 11 is 2.20. The SMILES string of the molecule is O=C(O)c1ccccc1-c1ccccc1C(=O)Nc1ccc(I)cc1. The summed E-state index contributed by atoms with van der Waals surface area (Å²) in [4.78, 5) is 24.2. The van der Waals surface area contributed by atoms with E-state index in [0.29, 0.717) is 22.4 Å². The molecule has 0 radical (unpaired) electrons. The fourth-order valence-electron chi connectivity index (χ4n) is 2.55. The second kappa shape index (κ2) is 7.48. The van der Waals surface area contributed by atoms with E-state index < -0.39 is 5.97 Å². The van der Waals surface area contributed by atoms with Crippen LogP contribution in [0.25, 0.3) is 11.1 Å². The Hall–Kier alpha value is -2.67. The third kappa shape index (κ3) is 3.88. The van der Waals surface area contributed by atoms with Gasteiger partial charge >= 0.3 is 5.97 Å². The largest absolute Gasteiger partial charge is 0.478 e. The van der Waals surface area contributed by atoms with Crippen molar-refractivity contribution in [2.24, 2.45) is 0 Å². The first kappa shape index (κ1) is 17.2. The fourth-order valence-corrected chi connectivity index (χ4v) is 2.91. The lowest BCUT2D eigenvalue weighted by molar-refractivity contribution is 0.0697. The minimum Gasteiger partial charge on any atom is -0.478 e. The van der Waals surface area contributed by atoms with Gasteiger partial charge in [-0.05, 0) is 70.1 Å². The van der Waals surface area contributed by atoms with Gasteiger partial charge in [-0.15, -0.1) is 0 Å². The molecule has 124 valence electrons. The van der Waals surface area contributed by atoms with Crippen molar-refractivity contribution in [3.8, 4) is 11.1 Å². The summed E-state index contributed by atoms with van der Waals surface area (Å²) in [7, 11) is 0. The number of carboxylic acids is 1. The molecule has 0 spiro atoms. The van der Waals surface area contributed by atoms with Crippen molar-refractivity contribution >= 4 is 40.2 Å². The second-order valence-electron chi connectivity index (χ2n) is 5.36. The number of nitrogens with one attached hydrogen (secondary N) is 1. The van der Waals surface area contributed by atoms with Crippen LogP contribution in [0.2, 0.25) is 0 Å². The average Bonchev–Trinajstić information content (AvgIpc) is 2.63. The zero-order valence-electron chi connectivity index (χ0n) is 13.1. The lowest BCUT2D eigenvalue weighted by Crippen LogP contribution is -2.13. The number of aromatic carboxylic acids is 1. The van der Waals surface area contributed by atoms with E-state index in [1.807, 2.05) is 24.3 Å². The molecule has 3 aromatic rings. The molecule has 0 aliphatic carbocycles. The second-order valence-corrected chi connectivity index (χ2v) is 6.60. The van der Waals surface area contributed by atoms with Crippen LogP contribution in [0.15, 0.2) is 72.8 Å². The van der Waals surface area contributed by atoms with Crippen LogP contribution in [-0.4, -0.2) is 17.0 Å². The van der Waals surface area contributed by atoms with Gasteiger partial charge in [0, 0.05) is 14.8 Å². The van der Waals surface area contributed by atoms with E-state index in [4.69, 9.17) is 0 Å². The van der Waals surface area contributed by atoms with Gasteiger partial charge in [-0.1, -0.05) is 36.4 Å². The minimum atomic E-state index is -1.02. The van der Waals surface area contributed by atoms with Crippen molar-refractivity contribution in [1.82, 2.24) is 0 Å². The van der Waals surface area contributed by atoms with E-state index in [1.165, 1.54) is 6.07 Å². The van der Waals surface area contributed by atoms with E-state index in [-0.39, 0.29) is 11.5 Å². The lowest BCUT2D eigenvalue weighted by Gasteiger charge is -2.12. The summed E-state index contributed by atoms with van der Waals surface area (Å²) in [5, 5.41) is 12.3. The standard InChI is InChI=1S/C20H14INO3/c21-13-9-11-14(12-10-13)22-19(23)17-7-3-1-5-15(17)16-6-2-4-8-18(16)20(24)25/h1-12H,(H,22,23)(H,24,25). The number of rotatable bonds is 4. The van der Waals surface area contributed by atoms with Crippen molar-refractivity contribution < 1.29 is 14.7 Å². The predicted octanol–water partition coefficient (Wildman–Crippen LogP) is 4.91. The summed E-state index contributed by atoms with van der Waals surface area (Å²) in [6, 6.07) is 21.1. The summed E-state index contributed by atoms with van der Waals surface area (Å²) in [5.74, 6) is -1.31. The number of halogens is 1. The molecule has 3 rings (SSSR count). The predicted molar refractivity (Wildman–Crippen MR) is 106 cm³/mol. The number of benzene rings is 3. The summed E-state index contributed by atoms with van der Waals surface area (Å²) in [5.41, 5.74) is 2.38. The van der Waals surface area contributed by atoms with Crippen LogP contribution < -0.4 is 5.32 Å². The van der Waals surface area contributed by atoms with E-state index in [0.717, 1.165) is 3.57 Å². The Morgan fingerprint density at radius 2 is 1.28 bits per heavy atom.